The number of esters is 1. The molecule has 8 heteroatoms. The normalized spacial score (nSPS) is 14.8. The Morgan fingerprint density at radius 2 is 2.10 bits per heavy atom. The lowest BCUT2D eigenvalue weighted by Gasteiger charge is -2.27. The number of anilines is 1. The number of amides is 1. The number of rotatable bonds is 4. The van der Waals surface area contributed by atoms with Crippen LogP contribution in [0.25, 0.3) is 0 Å². The van der Waals surface area contributed by atoms with Crippen molar-refractivity contribution in [2.75, 3.05) is 45.2 Å². The molecule has 1 amide bonds. The summed E-state index contributed by atoms with van der Waals surface area (Å²) in [4.78, 5) is 24.9. The minimum Gasteiger partial charge on any atom is -0.464 e. The molecule has 1 aliphatic rings. The fourth-order valence-corrected chi connectivity index (χ4v) is 1.83. The maximum absolute atomic E-state index is 11.9. The van der Waals surface area contributed by atoms with Gasteiger partial charge in [0.2, 0.25) is 5.91 Å². The molecule has 1 aromatic heterocycles. The third-order valence-corrected chi connectivity index (χ3v) is 2.95. The zero-order chi connectivity index (χ0) is 14.4. The zero-order valence-corrected chi connectivity index (χ0v) is 11.3. The molecule has 1 fully saturated rings. The Hall–Kier alpha value is -2.22. The molecule has 108 valence electrons. The summed E-state index contributed by atoms with van der Waals surface area (Å²) in [6, 6.07) is 3.08. The molecule has 0 atom stereocenters. The highest BCUT2D eigenvalue weighted by Gasteiger charge is 2.16. The van der Waals surface area contributed by atoms with Crippen molar-refractivity contribution in [2.45, 2.75) is 0 Å². The number of hydrogen-bond acceptors (Lipinski definition) is 7. The van der Waals surface area contributed by atoms with Gasteiger partial charge in [-0.3, -0.25) is 4.79 Å². The number of nitrogens with zero attached hydrogens (tertiary/aromatic N) is 3. The molecule has 0 radical (unpaired) electrons. The van der Waals surface area contributed by atoms with E-state index in [2.05, 4.69) is 25.6 Å². The van der Waals surface area contributed by atoms with Gasteiger partial charge < -0.3 is 20.3 Å². The Bertz CT molecular complexity index is 470. The Morgan fingerprint density at radius 1 is 1.35 bits per heavy atom. The molecule has 1 saturated heterocycles. The van der Waals surface area contributed by atoms with E-state index < -0.39 is 5.97 Å². The van der Waals surface area contributed by atoms with Crippen LogP contribution in [0, 0.1) is 0 Å². The minimum atomic E-state index is -0.541. The third-order valence-electron chi connectivity index (χ3n) is 2.95. The summed E-state index contributed by atoms with van der Waals surface area (Å²) >= 11 is 0. The molecular formula is C12H17N5O3. The van der Waals surface area contributed by atoms with E-state index in [0.29, 0.717) is 18.9 Å². The van der Waals surface area contributed by atoms with Crippen LogP contribution in [0.5, 0.6) is 0 Å². The Balaban J connectivity index is 1.84. The number of hydrogen-bond donors (Lipinski definition) is 2. The van der Waals surface area contributed by atoms with Gasteiger partial charge in [-0.1, -0.05) is 0 Å². The fourth-order valence-electron chi connectivity index (χ4n) is 1.83. The minimum absolute atomic E-state index is 0.0188. The highest BCUT2D eigenvalue weighted by molar-refractivity contribution is 5.87. The zero-order valence-electron chi connectivity index (χ0n) is 11.3. The Kier molecular flexibility index (Phi) is 4.83. The van der Waals surface area contributed by atoms with Gasteiger partial charge in [-0.15, -0.1) is 10.2 Å². The molecular weight excluding hydrogens is 262 g/mol. The van der Waals surface area contributed by atoms with Gasteiger partial charge in [0.1, 0.15) is 5.82 Å². The highest BCUT2D eigenvalue weighted by atomic mass is 16.5. The monoisotopic (exact) mass is 279 g/mol. The number of aromatic nitrogens is 2. The molecule has 0 bridgehead atoms. The van der Waals surface area contributed by atoms with Crippen LogP contribution in [0.15, 0.2) is 12.1 Å². The predicted molar refractivity (Wildman–Crippen MR) is 71.3 cm³/mol. The van der Waals surface area contributed by atoms with Crippen molar-refractivity contribution in [3.05, 3.63) is 17.8 Å². The maximum atomic E-state index is 11.9. The van der Waals surface area contributed by atoms with Crippen molar-refractivity contribution in [1.29, 1.82) is 0 Å². The molecule has 2 N–H and O–H groups in total. The van der Waals surface area contributed by atoms with Crippen molar-refractivity contribution < 1.29 is 14.3 Å². The topological polar surface area (TPSA) is 96.5 Å². The van der Waals surface area contributed by atoms with E-state index in [9.17, 15) is 9.59 Å². The summed E-state index contributed by atoms with van der Waals surface area (Å²) in [5, 5.41) is 13.6. The summed E-state index contributed by atoms with van der Waals surface area (Å²) in [5.74, 6) is -0.0765. The SMILES string of the molecule is COC(=O)c1ccc(NCC(=O)N2CCNCC2)nn1. The Labute approximate surface area is 116 Å². The lowest BCUT2D eigenvalue weighted by atomic mass is 10.3. The first kappa shape index (κ1) is 14.2. The van der Waals surface area contributed by atoms with Gasteiger partial charge in [-0.2, -0.15) is 0 Å². The van der Waals surface area contributed by atoms with Crippen LogP contribution >= 0.6 is 0 Å². The van der Waals surface area contributed by atoms with Crippen LogP contribution in [-0.2, 0) is 9.53 Å². The number of ether oxygens (including phenoxy) is 1. The summed E-state index contributed by atoms with van der Waals surface area (Å²) in [5.41, 5.74) is 0.131. The molecule has 0 aromatic carbocycles. The van der Waals surface area contributed by atoms with Crippen molar-refractivity contribution in [2.24, 2.45) is 0 Å². The van der Waals surface area contributed by atoms with Gasteiger partial charge in [0.15, 0.2) is 5.69 Å². The van der Waals surface area contributed by atoms with Crippen molar-refractivity contribution in [3.63, 3.8) is 0 Å². The van der Waals surface area contributed by atoms with Crippen LogP contribution in [-0.4, -0.2) is 66.8 Å². The van der Waals surface area contributed by atoms with E-state index in [0.717, 1.165) is 13.1 Å². The van der Waals surface area contributed by atoms with E-state index in [1.807, 2.05) is 0 Å². The molecule has 1 aromatic rings. The molecule has 2 heterocycles. The predicted octanol–water partition coefficient (Wildman–Crippen LogP) is -0.893. The average molecular weight is 279 g/mol. The van der Waals surface area contributed by atoms with Gasteiger partial charge in [-0.25, -0.2) is 4.79 Å². The van der Waals surface area contributed by atoms with E-state index in [4.69, 9.17) is 0 Å². The molecule has 20 heavy (non-hydrogen) atoms. The van der Waals surface area contributed by atoms with Crippen LogP contribution in [0.3, 0.4) is 0 Å². The average Bonchev–Trinajstić information content (AvgIpc) is 2.53. The first-order valence-electron chi connectivity index (χ1n) is 6.35. The second-order valence-corrected chi connectivity index (χ2v) is 4.28. The van der Waals surface area contributed by atoms with E-state index in [1.165, 1.54) is 13.2 Å². The number of methoxy groups -OCH3 is 1. The van der Waals surface area contributed by atoms with Crippen LogP contribution in [0.1, 0.15) is 10.5 Å². The number of carbonyl (C=O) groups excluding carboxylic acids is 2. The molecule has 0 saturated carbocycles. The van der Waals surface area contributed by atoms with Crippen molar-refractivity contribution in [3.8, 4) is 0 Å². The lowest BCUT2D eigenvalue weighted by molar-refractivity contribution is -0.129. The first-order valence-corrected chi connectivity index (χ1v) is 6.35. The standard InChI is InChI=1S/C12H17N5O3/c1-20-12(19)9-2-3-10(16-15-9)14-8-11(18)17-6-4-13-5-7-17/h2-3,13H,4-8H2,1H3,(H,14,16). The van der Waals surface area contributed by atoms with Gasteiger partial charge in [0.25, 0.3) is 0 Å². The van der Waals surface area contributed by atoms with Crippen LogP contribution < -0.4 is 10.6 Å². The molecule has 8 nitrogen and oxygen atoms in total. The molecule has 1 aliphatic heterocycles. The van der Waals surface area contributed by atoms with Gasteiger partial charge in [-0.05, 0) is 12.1 Å². The lowest BCUT2D eigenvalue weighted by Crippen LogP contribution is -2.48. The molecule has 2 rings (SSSR count). The molecule has 0 unspecified atom stereocenters. The first-order chi connectivity index (χ1) is 9.70. The van der Waals surface area contributed by atoms with E-state index >= 15 is 0 Å². The molecule has 0 spiro atoms. The van der Waals surface area contributed by atoms with Gasteiger partial charge in [0.05, 0.1) is 13.7 Å². The van der Waals surface area contributed by atoms with Crippen molar-refractivity contribution in [1.82, 2.24) is 20.4 Å². The summed E-state index contributed by atoms with van der Waals surface area (Å²) < 4.78 is 4.53. The second-order valence-electron chi connectivity index (χ2n) is 4.28. The number of piperazine rings is 1. The van der Waals surface area contributed by atoms with E-state index in [-0.39, 0.29) is 18.1 Å². The maximum Gasteiger partial charge on any atom is 0.358 e. The largest absolute Gasteiger partial charge is 0.464 e. The fraction of sp³-hybridized carbons (Fsp3) is 0.500. The van der Waals surface area contributed by atoms with Gasteiger partial charge >= 0.3 is 5.97 Å². The van der Waals surface area contributed by atoms with Crippen LogP contribution in [0.2, 0.25) is 0 Å². The second kappa shape index (κ2) is 6.80. The summed E-state index contributed by atoms with van der Waals surface area (Å²) in [6.45, 7) is 3.23. The highest BCUT2D eigenvalue weighted by Crippen LogP contribution is 2.03. The quantitative estimate of drug-likeness (QED) is 0.690. The smallest absolute Gasteiger partial charge is 0.358 e. The molecule has 0 aliphatic carbocycles. The summed E-state index contributed by atoms with van der Waals surface area (Å²) in [6.07, 6.45) is 0. The number of nitrogens with one attached hydrogen (secondary N) is 2. The van der Waals surface area contributed by atoms with Crippen LogP contribution in [0.4, 0.5) is 5.82 Å². The van der Waals surface area contributed by atoms with Gasteiger partial charge in [0, 0.05) is 26.2 Å². The summed E-state index contributed by atoms with van der Waals surface area (Å²) in [7, 11) is 1.28. The Morgan fingerprint density at radius 3 is 2.70 bits per heavy atom. The van der Waals surface area contributed by atoms with Crippen molar-refractivity contribution >= 4 is 17.7 Å². The number of carbonyl (C=O) groups is 2. The third kappa shape index (κ3) is 3.64. The van der Waals surface area contributed by atoms with E-state index in [1.54, 1.807) is 11.0 Å².